The first-order valence-electron chi connectivity index (χ1n) is 6.44. The first kappa shape index (κ1) is 16.1. The van der Waals surface area contributed by atoms with E-state index in [1.54, 1.807) is 0 Å². The second-order valence-corrected chi connectivity index (χ2v) is 4.46. The van der Waals surface area contributed by atoms with Crippen LogP contribution in [0.25, 0.3) is 0 Å². The van der Waals surface area contributed by atoms with Crippen LogP contribution in [0.2, 0.25) is 6.82 Å². The van der Waals surface area contributed by atoms with Crippen LogP contribution in [0.3, 0.4) is 0 Å². The minimum absolute atomic E-state index is 0. The summed E-state index contributed by atoms with van der Waals surface area (Å²) < 4.78 is 0. The molecule has 1 fully saturated rings. The molecule has 0 amide bonds. The van der Waals surface area contributed by atoms with Crippen molar-refractivity contribution in [3.63, 3.8) is 0 Å². The third-order valence-electron chi connectivity index (χ3n) is 3.12. The van der Waals surface area contributed by atoms with Crippen molar-refractivity contribution in [2.45, 2.75) is 38.8 Å². The monoisotopic (exact) mass is 317 g/mol. The average molecular weight is 317 g/mol. The van der Waals surface area contributed by atoms with Crippen molar-refractivity contribution < 1.29 is 32.7 Å². The minimum Gasteiger partial charge on any atom is -0.409 e. The van der Waals surface area contributed by atoms with Crippen molar-refractivity contribution in [1.29, 1.82) is 0 Å². The molecule has 94 valence electrons. The third-order valence-corrected chi connectivity index (χ3v) is 3.12. The molecule has 0 atom stereocenters. The molecule has 0 saturated carbocycles. The molecule has 18 heavy (non-hydrogen) atoms. The van der Waals surface area contributed by atoms with E-state index in [1.807, 2.05) is 6.82 Å². The van der Waals surface area contributed by atoms with Crippen molar-refractivity contribution in [3.8, 4) is 0 Å². The van der Waals surface area contributed by atoms with Crippen LogP contribution in [0.1, 0.15) is 30.7 Å². The summed E-state index contributed by atoms with van der Waals surface area (Å²) in [6.07, 6.45) is 8.48. The fraction of sp³-hybridized carbons (Fsp3) is 0.615. The van der Waals surface area contributed by atoms with E-state index in [0.29, 0.717) is 6.42 Å². The van der Waals surface area contributed by atoms with Crippen molar-refractivity contribution in [3.05, 3.63) is 24.5 Å². The second-order valence-electron chi connectivity index (χ2n) is 4.46. The number of piperidine rings is 1. The molecule has 0 aromatic carbocycles. The maximum atomic E-state index is 4.67. The van der Waals surface area contributed by atoms with Gasteiger partial charge in [0.25, 0.3) is 0 Å². The van der Waals surface area contributed by atoms with Crippen LogP contribution in [0, 0.1) is 13.1 Å². The van der Waals surface area contributed by atoms with Gasteiger partial charge >= 0.3 is 0 Å². The van der Waals surface area contributed by atoms with Gasteiger partial charge in [0.05, 0.1) is 0 Å². The van der Waals surface area contributed by atoms with Crippen molar-refractivity contribution in [1.82, 2.24) is 9.97 Å². The van der Waals surface area contributed by atoms with Crippen LogP contribution < -0.4 is 4.90 Å². The number of hydrogen-bond donors (Lipinski definition) is 0. The SMILES string of the molecule is [CH2-]Cc1[c-]nc(C[B]C)nc1N1CCCCC1.[Y]. The maximum absolute atomic E-state index is 4.67. The van der Waals surface area contributed by atoms with E-state index >= 15 is 0 Å². The van der Waals surface area contributed by atoms with Crippen LogP contribution in [-0.4, -0.2) is 30.3 Å². The van der Waals surface area contributed by atoms with Crippen LogP contribution in [0.5, 0.6) is 0 Å². The number of hydrogen-bond acceptors (Lipinski definition) is 3. The van der Waals surface area contributed by atoms with Crippen LogP contribution >= 0.6 is 0 Å². The first-order valence-corrected chi connectivity index (χ1v) is 6.44. The van der Waals surface area contributed by atoms with Gasteiger partial charge in [0.1, 0.15) is 7.28 Å². The Hall–Kier alpha value is 0.0488. The topological polar surface area (TPSA) is 29.0 Å². The summed E-state index contributed by atoms with van der Waals surface area (Å²) in [6, 6.07) is 0. The summed E-state index contributed by atoms with van der Waals surface area (Å²) in [5.74, 6) is 1.93. The molecule has 0 bridgehead atoms. The Labute approximate surface area is 136 Å². The molecule has 3 nitrogen and oxygen atoms in total. The molecule has 1 aliphatic heterocycles. The molecule has 1 aromatic heterocycles. The summed E-state index contributed by atoms with van der Waals surface area (Å²) in [4.78, 5) is 11.3. The molecular formula is C13H19BN3Y-2. The molecule has 1 saturated heterocycles. The average Bonchev–Trinajstić information content (AvgIpc) is 2.40. The van der Waals surface area contributed by atoms with Gasteiger partial charge in [-0.05, 0) is 12.8 Å². The normalized spacial score (nSPS) is 15.1. The van der Waals surface area contributed by atoms with Gasteiger partial charge in [-0.1, -0.05) is 25.8 Å². The number of nitrogens with zero attached hydrogens (tertiary/aromatic N) is 3. The van der Waals surface area contributed by atoms with Gasteiger partial charge in [0, 0.05) is 57.4 Å². The molecule has 5 heteroatoms. The van der Waals surface area contributed by atoms with Crippen LogP contribution in [-0.2, 0) is 45.5 Å². The molecule has 0 unspecified atom stereocenters. The van der Waals surface area contributed by atoms with E-state index < -0.39 is 0 Å². The molecule has 1 aromatic rings. The van der Waals surface area contributed by atoms with E-state index in [4.69, 9.17) is 0 Å². The molecule has 2 heterocycles. The zero-order valence-electron chi connectivity index (χ0n) is 11.2. The second kappa shape index (κ2) is 8.27. The van der Waals surface area contributed by atoms with Crippen molar-refractivity contribution >= 4 is 13.1 Å². The molecule has 1 aliphatic rings. The predicted molar refractivity (Wildman–Crippen MR) is 71.3 cm³/mol. The molecule has 0 aliphatic carbocycles. The summed E-state index contributed by atoms with van der Waals surface area (Å²) in [7, 11) is 2.08. The summed E-state index contributed by atoms with van der Waals surface area (Å²) in [5, 5.41) is 0. The van der Waals surface area contributed by atoms with Gasteiger partial charge in [-0.15, -0.1) is 5.56 Å². The Morgan fingerprint density at radius 1 is 1.33 bits per heavy atom. The standard InChI is InChI=1S/C13H19BN3.Y/c1-3-11-10-15-12(9-14-2)16-13(11)17-7-5-4-6-8-17;/h1,3-9H2,2H3;/q-2;. The number of rotatable bonds is 4. The third kappa shape index (κ3) is 4.03. The molecular weight excluding hydrogens is 298 g/mol. The predicted octanol–water partition coefficient (Wildman–Crippen LogP) is 1.89. The fourth-order valence-electron chi connectivity index (χ4n) is 2.21. The number of anilines is 1. The van der Waals surface area contributed by atoms with E-state index in [9.17, 15) is 0 Å². The summed E-state index contributed by atoms with van der Waals surface area (Å²) >= 11 is 0. The summed E-state index contributed by atoms with van der Waals surface area (Å²) in [5.41, 5.74) is 1.05. The Morgan fingerprint density at radius 3 is 2.67 bits per heavy atom. The number of aromatic nitrogens is 2. The molecule has 2 rings (SSSR count). The Kier molecular flexibility index (Phi) is 7.40. The fourth-order valence-corrected chi connectivity index (χ4v) is 2.21. The van der Waals surface area contributed by atoms with E-state index in [-0.39, 0.29) is 32.7 Å². The van der Waals surface area contributed by atoms with Gasteiger partial charge in [-0.3, -0.25) is 0 Å². The Morgan fingerprint density at radius 2 is 2.06 bits per heavy atom. The van der Waals surface area contributed by atoms with Gasteiger partial charge in [0.15, 0.2) is 0 Å². The van der Waals surface area contributed by atoms with Crippen molar-refractivity contribution in [2.75, 3.05) is 18.0 Å². The Bertz CT molecular complexity index is 367. The Balaban J connectivity index is 0.00000162. The van der Waals surface area contributed by atoms with E-state index in [2.05, 4.69) is 35.3 Å². The van der Waals surface area contributed by atoms with Gasteiger partial charge in [-0.2, -0.15) is 6.42 Å². The van der Waals surface area contributed by atoms with E-state index in [1.165, 1.54) is 19.3 Å². The molecule has 0 spiro atoms. The van der Waals surface area contributed by atoms with Crippen LogP contribution in [0.15, 0.2) is 0 Å². The van der Waals surface area contributed by atoms with Crippen molar-refractivity contribution in [2.24, 2.45) is 0 Å². The zero-order chi connectivity index (χ0) is 12.1. The van der Waals surface area contributed by atoms with Crippen LogP contribution in [0.4, 0.5) is 5.82 Å². The quantitative estimate of drug-likeness (QED) is 0.627. The first-order chi connectivity index (χ1) is 8.35. The zero-order valence-corrected chi connectivity index (χ0v) is 14.0. The smallest absolute Gasteiger partial charge is 0.101 e. The van der Waals surface area contributed by atoms with Gasteiger partial charge in [-0.25, -0.2) is 0 Å². The van der Waals surface area contributed by atoms with Gasteiger partial charge in [0.2, 0.25) is 0 Å². The largest absolute Gasteiger partial charge is 0.409 e. The molecule has 2 radical (unpaired) electrons. The minimum atomic E-state index is 0. The molecule has 0 N–H and O–H groups in total. The maximum Gasteiger partial charge on any atom is 0.101 e. The van der Waals surface area contributed by atoms with Gasteiger partial charge < -0.3 is 21.8 Å². The van der Waals surface area contributed by atoms with E-state index in [0.717, 1.165) is 36.6 Å². The summed E-state index contributed by atoms with van der Waals surface area (Å²) in [6.45, 7) is 8.18.